The van der Waals surface area contributed by atoms with E-state index in [1.54, 1.807) is 0 Å². The molecule has 6 rings (SSSR count). The number of aromatic nitrogens is 2. The van der Waals surface area contributed by atoms with E-state index in [0.717, 1.165) is 93.9 Å². The van der Waals surface area contributed by atoms with Crippen molar-refractivity contribution in [1.29, 1.82) is 0 Å². The Morgan fingerprint density at radius 2 is 0.797 bits per heavy atom. The van der Waals surface area contributed by atoms with Crippen LogP contribution in [0.4, 0.5) is 22.7 Å². The van der Waals surface area contributed by atoms with Gasteiger partial charge in [0.15, 0.2) is 0 Å². The van der Waals surface area contributed by atoms with Gasteiger partial charge in [0.25, 0.3) is 0 Å². The molecule has 2 atom stereocenters. The number of nitrogens with zero attached hydrogens (tertiary/aromatic N) is 6. The lowest BCUT2D eigenvalue weighted by atomic mass is 10.0. The standard InChI is InChI=1S/C51H58N6O2/c1-5-9-11-38(7-3)36-58-50-25-21-46(22-26-50)56-54-44-17-13-40(14-18-44)42-29-31-52-48(33-42)35-49-34-43(30-32-53-49)41-15-19-45(20-16-41)55-57-47-23-27-51(28-24-47)59-37-39(8-4)12-10-6-2/h13-34,38-39H,5-12,35-37H2,1-4H3. The summed E-state index contributed by atoms with van der Waals surface area (Å²) in [6.45, 7) is 10.4. The molecule has 0 fully saturated rings. The number of pyridine rings is 2. The first kappa shape index (κ1) is 42.6. The molecule has 0 saturated heterocycles. The Labute approximate surface area is 350 Å². The zero-order valence-corrected chi connectivity index (χ0v) is 35.1. The summed E-state index contributed by atoms with van der Waals surface area (Å²) >= 11 is 0. The first-order chi connectivity index (χ1) is 29.0. The summed E-state index contributed by atoms with van der Waals surface area (Å²) in [5.41, 5.74) is 9.39. The molecule has 0 N–H and O–H groups in total. The first-order valence-corrected chi connectivity index (χ1v) is 21.4. The van der Waals surface area contributed by atoms with Crippen LogP contribution in [0.25, 0.3) is 22.3 Å². The third-order valence-corrected chi connectivity index (χ3v) is 10.7. The van der Waals surface area contributed by atoms with E-state index in [1.165, 1.54) is 38.5 Å². The van der Waals surface area contributed by atoms with E-state index in [4.69, 9.17) is 9.47 Å². The van der Waals surface area contributed by atoms with Crippen LogP contribution in [0.15, 0.2) is 154 Å². The Morgan fingerprint density at radius 3 is 1.14 bits per heavy atom. The largest absolute Gasteiger partial charge is 0.493 e. The maximum atomic E-state index is 6.04. The van der Waals surface area contributed by atoms with Gasteiger partial charge in [-0.3, -0.25) is 9.97 Å². The van der Waals surface area contributed by atoms with Gasteiger partial charge in [-0.15, -0.1) is 0 Å². The molecule has 8 heteroatoms. The molecule has 0 amide bonds. The Bertz CT molecular complexity index is 2040. The highest BCUT2D eigenvalue weighted by Gasteiger charge is 2.09. The van der Waals surface area contributed by atoms with Crippen molar-refractivity contribution in [3.63, 3.8) is 0 Å². The van der Waals surface area contributed by atoms with Gasteiger partial charge >= 0.3 is 0 Å². The minimum Gasteiger partial charge on any atom is -0.493 e. The van der Waals surface area contributed by atoms with Crippen LogP contribution < -0.4 is 9.47 Å². The average Bonchev–Trinajstić information content (AvgIpc) is 3.29. The van der Waals surface area contributed by atoms with Crippen LogP contribution in [0.5, 0.6) is 11.5 Å². The predicted molar refractivity (Wildman–Crippen MR) is 241 cm³/mol. The van der Waals surface area contributed by atoms with Crippen LogP contribution in [-0.4, -0.2) is 23.2 Å². The molecule has 2 heterocycles. The number of rotatable bonds is 22. The van der Waals surface area contributed by atoms with Crippen molar-refractivity contribution in [1.82, 2.24) is 9.97 Å². The van der Waals surface area contributed by atoms with E-state index in [-0.39, 0.29) is 0 Å². The molecular weight excluding hydrogens is 729 g/mol. The molecule has 8 nitrogen and oxygen atoms in total. The SMILES string of the molecule is CCCCC(CC)COc1ccc(N=Nc2ccc(-c3ccnc(Cc4cc(-c5ccc(N=Nc6ccc(OCC(CC)CCCC)cc6)cc5)ccn4)c3)cc2)cc1. The van der Waals surface area contributed by atoms with Gasteiger partial charge < -0.3 is 9.47 Å². The molecule has 0 aliphatic heterocycles. The fraction of sp³-hybridized carbons (Fsp3) is 0.333. The smallest absolute Gasteiger partial charge is 0.119 e. The van der Waals surface area contributed by atoms with Crippen molar-refractivity contribution in [3.05, 3.63) is 145 Å². The highest BCUT2D eigenvalue weighted by molar-refractivity contribution is 5.67. The Morgan fingerprint density at radius 1 is 0.441 bits per heavy atom. The second-order valence-corrected chi connectivity index (χ2v) is 15.2. The Kier molecular flexibility index (Phi) is 16.5. The lowest BCUT2D eigenvalue weighted by molar-refractivity contribution is 0.233. The van der Waals surface area contributed by atoms with E-state index in [0.29, 0.717) is 18.3 Å². The topological polar surface area (TPSA) is 93.7 Å². The number of azo groups is 2. The van der Waals surface area contributed by atoms with Crippen molar-refractivity contribution < 1.29 is 9.47 Å². The van der Waals surface area contributed by atoms with Crippen LogP contribution in [0.3, 0.4) is 0 Å². The van der Waals surface area contributed by atoms with Crippen molar-refractivity contribution in [3.8, 4) is 33.8 Å². The minimum absolute atomic E-state index is 0.598. The fourth-order valence-corrected chi connectivity index (χ4v) is 6.81. The number of benzene rings is 4. The normalized spacial score (nSPS) is 12.5. The molecule has 0 aliphatic carbocycles. The number of unbranched alkanes of at least 4 members (excludes halogenated alkanes) is 2. The molecule has 2 unspecified atom stereocenters. The molecule has 4 aromatic carbocycles. The van der Waals surface area contributed by atoms with Crippen molar-refractivity contribution in [2.24, 2.45) is 32.3 Å². The number of hydrogen-bond donors (Lipinski definition) is 0. The summed E-state index contributed by atoms with van der Waals surface area (Å²) in [6, 6.07) is 40.2. The Balaban J connectivity index is 1.00. The second kappa shape index (κ2) is 22.8. The summed E-state index contributed by atoms with van der Waals surface area (Å²) in [7, 11) is 0. The van der Waals surface area contributed by atoms with Gasteiger partial charge in [-0.05, 0) is 144 Å². The van der Waals surface area contributed by atoms with E-state index in [1.807, 2.05) is 97.3 Å². The van der Waals surface area contributed by atoms with Crippen molar-refractivity contribution in [2.45, 2.75) is 85.5 Å². The van der Waals surface area contributed by atoms with E-state index in [2.05, 4.69) is 94.5 Å². The molecule has 6 aromatic rings. The predicted octanol–water partition coefficient (Wildman–Crippen LogP) is 15.4. The zero-order valence-electron chi connectivity index (χ0n) is 35.1. The van der Waals surface area contributed by atoms with Gasteiger partial charge in [0.1, 0.15) is 11.5 Å². The lowest BCUT2D eigenvalue weighted by Gasteiger charge is -2.15. The minimum atomic E-state index is 0.598. The van der Waals surface area contributed by atoms with Gasteiger partial charge in [-0.25, -0.2) is 0 Å². The Hall–Kier alpha value is -6.02. The van der Waals surface area contributed by atoms with Crippen LogP contribution in [0, 0.1) is 11.8 Å². The maximum Gasteiger partial charge on any atom is 0.119 e. The number of hydrogen-bond acceptors (Lipinski definition) is 8. The zero-order chi connectivity index (χ0) is 41.1. The maximum absolute atomic E-state index is 6.04. The molecule has 0 bridgehead atoms. The van der Waals surface area contributed by atoms with Gasteiger partial charge in [0, 0.05) is 30.2 Å². The van der Waals surface area contributed by atoms with E-state index >= 15 is 0 Å². The molecule has 0 spiro atoms. The molecule has 0 radical (unpaired) electrons. The van der Waals surface area contributed by atoms with Crippen LogP contribution in [0.2, 0.25) is 0 Å². The van der Waals surface area contributed by atoms with E-state index in [9.17, 15) is 0 Å². The molecule has 304 valence electrons. The van der Waals surface area contributed by atoms with Crippen molar-refractivity contribution in [2.75, 3.05) is 13.2 Å². The number of ether oxygens (including phenoxy) is 2. The summed E-state index contributed by atoms with van der Waals surface area (Å²) in [6.07, 6.45) is 14.0. The fourth-order valence-electron chi connectivity index (χ4n) is 6.81. The average molecular weight is 787 g/mol. The molecule has 59 heavy (non-hydrogen) atoms. The third kappa shape index (κ3) is 13.5. The van der Waals surface area contributed by atoms with Crippen LogP contribution >= 0.6 is 0 Å². The van der Waals surface area contributed by atoms with E-state index < -0.39 is 0 Å². The second-order valence-electron chi connectivity index (χ2n) is 15.2. The monoisotopic (exact) mass is 786 g/mol. The van der Waals surface area contributed by atoms with Crippen LogP contribution in [-0.2, 0) is 6.42 Å². The molecule has 2 aromatic heterocycles. The summed E-state index contributed by atoms with van der Waals surface area (Å²) < 4.78 is 12.1. The quantitative estimate of drug-likeness (QED) is 0.0640. The van der Waals surface area contributed by atoms with Crippen molar-refractivity contribution >= 4 is 22.7 Å². The third-order valence-electron chi connectivity index (χ3n) is 10.7. The highest BCUT2D eigenvalue weighted by atomic mass is 16.5. The van der Waals surface area contributed by atoms with Gasteiger partial charge in [-0.2, -0.15) is 20.5 Å². The van der Waals surface area contributed by atoms with Gasteiger partial charge in [-0.1, -0.05) is 90.5 Å². The molecule has 0 aliphatic rings. The summed E-state index contributed by atoms with van der Waals surface area (Å²) in [4.78, 5) is 9.33. The summed E-state index contributed by atoms with van der Waals surface area (Å²) in [5.74, 6) is 2.94. The van der Waals surface area contributed by atoms with Gasteiger partial charge in [0.05, 0.1) is 36.0 Å². The summed E-state index contributed by atoms with van der Waals surface area (Å²) in [5, 5.41) is 17.8. The first-order valence-electron chi connectivity index (χ1n) is 21.4. The van der Waals surface area contributed by atoms with Crippen LogP contribution in [0.1, 0.15) is 90.4 Å². The molecular formula is C51H58N6O2. The highest BCUT2D eigenvalue weighted by Crippen LogP contribution is 2.29. The molecule has 0 saturated carbocycles. The van der Waals surface area contributed by atoms with Gasteiger partial charge in [0.2, 0.25) is 0 Å². The lowest BCUT2D eigenvalue weighted by Crippen LogP contribution is -2.11.